The molecule has 3 heteroatoms. The van der Waals surface area contributed by atoms with Crippen molar-refractivity contribution in [2.45, 2.75) is 45.1 Å². The van der Waals surface area contributed by atoms with E-state index in [4.69, 9.17) is 11.6 Å². The topological polar surface area (TPSA) is 20.2 Å². The van der Waals surface area contributed by atoms with Crippen LogP contribution in [-0.4, -0.2) is 5.11 Å². The second-order valence-electron chi connectivity index (χ2n) is 4.50. The van der Waals surface area contributed by atoms with Crippen LogP contribution in [0.1, 0.15) is 48.6 Å². The van der Waals surface area contributed by atoms with Crippen LogP contribution in [0, 0.1) is 12.8 Å². The second-order valence-corrected chi connectivity index (χ2v) is 5.79. The Labute approximate surface area is 100 Å². The number of halogens is 1. The number of aryl methyl sites for hydroxylation is 1. The maximum atomic E-state index is 10.1. The fourth-order valence-corrected chi connectivity index (χ4v) is 3.66. The van der Waals surface area contributed by atoms with E-state index in [0.717, 1.165) is 21.9 Å². The van der Waals surface area contributed by atoms with Crippen LogP contribution in [0.4, 0.5) is 0 Å². The molecule has 0 spiro atoms. The summed E-state index contributed by atoms with van der Waals surface area (Å²) in [5, 5.41) is 12.9. The molecule has 0 aromatic carbocycles. The molecule has 1 heterocycles. The molecule has 0 bridgehead atoms. The highest BCUT2D eigenvalue weighted by Gasteiger charge is 2.22. The summed E-state index contributed by atoms with van der Waals surface area (Å²) in [4.78, 5) is 0.959. The second kappa shape index (κ2) is 4.86. The Bertz CT molecular complexity index is 328. The molecule has 2 rings (SSSR count). The van der Waals surface area contributed by atoms with Crippen molar-refractivity contribution in [3.8, 4) is 0 Å². The quantitative estimate of drug-likeness (QED) is 0.840. The van der Waals surface area contributed by atoms with Crippen LogP contribution in [0.25, 0.3) is 0 Å². The first kappa shape index (κ1) is 11.4. The summed E-state index contributed by atoms with van der Waals surface area (Å²) in [5.41, 5.74) is 1.09. The summed E-state index contributed by atoms with van der Waals surface area (Å²) in [5.74, 6) is 0.707. The first-order valence-electron chi connectivity index (χ1n) is 5.60. The van der Waals surface area contributed by atoms with Crippen molar-refractivity contribution in [2.24, 2.45) is 5.92 Å². The van der Waals surface area contributed by atoms with Gasteiger partial charge in [-0.3, -0.25) is 0 Å². The first-order valence-corrected chi connectivity index (χ1v) is 6.85. The Morgan fingerprint density at radius 1 is 1.53 bits per heavy atom. The van der Waals surface area contributed by atoms with Gasteiger partial charge in [-0.1, -0.05) is 37.3 Å². The van der Waals surface area contributed by atoms with Crippen LogP contribution in [0.15, 0.2) is 5.38 Å². The van der Waals surface area contributed by atoms with Gasteiger partial charge < -0.3 is 5.11 Å². The van der Waals surface area contributed by atoms with Gasteiger partial charge in [-0.15, -0.1) is 11.3 Å². The zero-order valence-corrected chi connectivity index (χ0v) is 10.6. The predicted octanol–water partition coefficient (Wildman–Crippen LogP) is 4.32. The van der Waals surface area contributed by atoms with Gasteiger partial charge >= 0.3 is 0 Å². The smallest absolute Gasteiger partial charge is 0.0899 e. The van der Waals surface area contributed by atoms with Crippen LogP contribution in [-0.2, 0) is 0 Å². The minimum Gasteiger partial charge on any atom is -0.388 e. The minimum absolute atomic E-state index is 0.348. The van der Waals surface area contributed by atoms with E-state index in [2.05, 4.69) is 0 Å². The molecule has 0 aliphatic heterocycles. The van der Waals surface area contributed by atoms with Gasteiger partial charge in [0, 0.05) is 0 Å². The van der Waals surface area contributed by atoms with E-state index in [1.54, 1.807) is 11.3 Å². The number of aliphatic hydroxyl groups excluding tert-OH is 1. The maximum absolute atomic E-state index is 10.1. The van der Waals surface area contributed by atoms with Crippen LogP contribution in [0.2, 0.25) is 5.02 Å². The van der Waals surface area contributed by atoms with Gasteiger partial charge in [0.1, 0.15) is 0 Å². The summed E-state index contributed by atoms with van der Waals surface area (Å²) < 4.78 is 0. The number of aliphatic hydroxyl groups is 1. The van der Waals surface area contributed by atoms with E-state index in [9.17, 15) is 5.11 Å². The largest absolute Gasteiger partial charge is 0.388 e. The lowest BCUT2D eigenvalue weighted by Gasteiger charge is -2.14. The van der Waals surface area contributed by atoms with Crippen LogP contribution < -0.4 is 0 Å². The molecule has 1 saturated carbocycles. The summed E-state index contributed by atoms with van der Waals surface area (Å²) in [6.45, 7) is 1.99. The molecule has 0 radical (unpaired) electrons. The number of thiophene rings is 1. The van der Waals surface area contributed by atoms with Gasteiger partial charge in [0.25, 0.3) is 0 Å². The third-order valence-electron chi connectivity index (χ3n) is 3.26. The number of hydrogen-bond acceptors (Lipinski definition) is 2. The average molecular weight is 245 g/mol. The molecule has 0 amide bonds. The SMILES string of the molecule is Cc1csc(C(O)CC2CCCC2)c1Cl. The maximum Gasteiger partial charge on any atom is 0.0899 e. The fraction of sp³-hybridized carbons (Fsp3) is 0.667. The van der Waals surface area contributed by atoms with E-state index >= 15 is 0 Å². The summed E-state index contributed by atoms with van der Waals surface area (Å²) >= 11 is 7.73. The molecule has 0 saturated heterocycles. The van der Waals surface area contributed by atoms with Crippen molar-refractivity contribution in [1.82, 2.24) is 0 Å². The Balaban J connectivity index is 2.00. The molecular formula is C12H17ClOS. The van der Waals surface area contributed by atoms with Crippen molar-refractivity contribution < 1.29 is 5.11 Å². The molecule has 1 aliphatic carbocycles. The molecule has 84 valence electrons. The normalized spacial score (nSPS) is 19.7. The van der Waals surface area contributed by atoms with Crippen molar-refractivity contribution in [3.05, 3.63) is 20.8 Å². The van der Waals surface area contributed by atoms with E-state index in [1.807, 2.05) is 12.3 Å². The summed E-state index contributed by atoms with van der Waals surface area (Å²) in [6, 6.07) is 0. The van der Waals surface area contributed by atoms with E-state index in [0.29, 0.717) is 5.92 Å². The lowest BCUT2D eigenvalue weighted by Crippen LogP contribution is -2.03. The van der Waals surface area contributed by atoms with Gasteiger partial charge in [-0.2, -0.15) is 0 Å². The molecule has 1 aromatic rings. The van der Waals surface area contributed by atoms with E-state index in [1.165, 1.54) is 25.7 Å². The van der Waals surface area contributed by atoms with Crippen molar-refractivity contribution in [1.29, 1.82) is 0 Å². The molecule has 1 aromatic heterocycles. The van der Waals surface area contributed by atoms with Crippen molar-refractivity contribution >= 4 is 22.9 Å². The Morgan fingerprint density at radius 3 is 2.73 bits per heavy atom. The molecule has 1 aliphatic rings. The third-order valence-corrected chi connectivity index (χ3v) is 5.07. The molecule has 15 heavy (non-hydrogen) atoms. The Kier molecular flexibility index (Phi) is 3.70. The van der Waals surface area contributed by atoms with Crippen LogP contribution in [0.5, 0.6) is 0 Å². The van der Waals surface area contributed by atoms with Gasteiger partial charge in [0.2, 0.25) is 0 Å². The van der Waals surface area contributed by atoms with Crippen molar-refractivity contribution in [2.75, 3.05) is 0 Å². The highest BCUT2D eigenvalue weighted by atomic mass is 35.5. The molecular weight excluding hydrogens is 228 g/mol. The molecule has 1 N–H and O–H groups in total. The number of rotatable bonds is 3. The molecule has 1 atom stereocenters. The standard InChI is InChI=1S/C12H17ClOS/c1-8-7-15-12(11(8)13)10(14)6-9-4-2-3-5-9/h7,9-10,14H,2-6H2,1H3. The average Bonchev–Trinajstić information content (AvgIpc) is 2.79. The van der Waals surface area contributed by atoms with Crippen LogP contribution in [0.3, 0.4) is 0 Å². The van der Waals surface area contributed by atoms with Gasteiger partial charge in [0.15, 0.2) is 0 Å². The minimum atomic E-state index is -0.348. The van der Waals surface area contributed by atoms with Gasteiger partial charge in [0.05, 0.1) is 16.0 Å². The lowest BCUT2D eigenvalue weighted by molar-refractivity contribution is 0.148. The highest BCUT2D eigenvalue weighted by molar-refractivity contribution is 7.10. The third kappa shape index (κ3) is 2.55. The highest BCUT2D eigenvalue weighted by Crippen LogP contribution is 2.38. The molecule has 1 unspecified atom stereocenters. The molecule has 1 nitrogen and oxygen atoms in total. The number of hydrogen-bond donors (Lipinski definition) is 1. The monoisotopic (exact) mass is 244 g/mol. The van der Waals surface area contributed by atoms with Crippen LogP contribution >= 0.6 is 22.9 Å². The van der Waals surface area contributed by atoms with Gasteiger partial charge in [-0.05, 0) is 30.2 Å². The van der Waals surface area contributed by atoms with E-state index < -0.39 is 0 Å². The van der Waals surface area contributed by atoms with Crippen molar-refractivity contribution in [3.63, 3.8) is 0 Å². The van der Waals surface area contributed by atoms with E-state index in [-0.39, 0.29) is 6.10 Å². The Hall–Kier alpha value is -0.0500. The predicted molar refractivity (Wildman–Crippen MR) is 65.6 cm³/mol. The summed E-state index contributed by atoms with van der Waals surface area (Å²) in [6.07, 6.45) is 5.75. The fourth-order valence-electron chi connectivity index (χ4n) is 2.34. The molecule has 1 fully saturated rings. The lowest BCUT2D eigenvalue weighted by atomic mass is 9.99. The summed E-state index contributed by atoms with van der Waals surface area (Å²) in [7, 11) is 0. The zero-order chi connectivity index (χ0) is 10.8. The van der Waals surface area contributed by atoms with Gasteiger partial charge in [-0.25, -0.2) is 0 Å². The Morgan fingerprint density at radius 2 is 2.20 bits per heavy atom. The first-order chi connectivity index (χ1) is 7.18. The zero-order valence-electron chi connectivity index (χ0n) is 9.00.